The van der Waals surface area contributed by atoms with Crippen LogP contribution in [0.15, 0.2) is 24.4 Å². The number of fused-ring (bicyclic) bond motifs is 1. The Morgan fingerprint density at radius 3 is 2.81 bits per heavy atom. The van der Waals surface area contributed by atoms with Gasteiger partial charge in [0.15, 0.2) is 0 Å². The maximum absolute atomic E-state index is 11.2. The molecule has 0 unspecified atom stereocenters. The zero-order valence-electron chi connectivity index (χ0n) is 8.53. The summed E-state index contributed by atoms with van der Waals surface area (Å²) in [5, 5.41) is 1.08. The first kappa shape index (κ1) is 10.7. The average Bonchev–Trinajstić information content (AvgIpc) is 2.27. The number of primary amides is 1. The van der Waals surface area contributed by atoms with Crippen molar-refractivity contribution in [1.29, 1.82) is 0 Å². The molecule has 5 heteroatoms. The maximum atomic E-state index is 11.2. The molecule has 0 spiro atoms. The van der Waals surface area contributed by atoms with Crippen molar-refractivity contribution in [1.82, 2.24) is 4.98 Å². The zero-order chi connectivity index (χ0) is 11.7. The van der Waals surface area contributed by atoms with Crippen molar-refractivity contribution >= 4 is 28.4 Å². The van der Waals surface area contributed by atoms with Gasteiger partial charge in [0, 0.05) is 6.20 Å². The molecule has 0 aliphatic rings. The fourth-order valence-electron chi connectivity index (χ4n) is 1.57. The summed E-state index contributed by atoms with van der Waals surface area (Å²) in [5.41, 5.74) is 6.05. The van der Waals surface area contributed by atoms with Crippen LogP contribution in [-0.2, 0) is 0 Å². The molecule has 0 atom stereocenters. The van der Waals surface area contributed by atoms with Crippen LogP contribution >= 0.6 is 11.6 Å². The number of methoxy groups -OCH3 is 1. The van der Waals surface area contributed by atoms with Gasteiger partial charge >= 0.3 is 0 Å². The number of aromatic nitrogens is 1. The largest absolute Gasteiger partial charge is 0.496 e. The zero-order valence-corrected chi connectivity index (χ0v) is 9.28. The lowest BCUT2D eigenvalue weighted by Gasteiger charge is -2.08. The van der Waals surface area contributed by atoms with Crippen molar-refractivity contribution in [2.75, 3.05) is 7.11 Å². The molecular formula is C11H9ClN2O2. The first-order chi connectivity index (χ1) is 7.65. The van der Waals surface area contributed by atoms with Gasteiger partial charge < -0.3 is 10.5 Å². The fourth-order valence-corrected chi connectivity index (χ4v) is 1.81. The molecule has 1 amide bonds. The number of benzene rings is 1. The van der Waals surface area contributed by atoms with E-state index in [1.165, 1.54) is 13.3 Å². The van der Waals surface area contributed by atoms with E-state index in [-0.39, 0.29) is 0 Å². The summed E-state index contributed by atoms with van der Waals surface area (Å²) >= 11 is 6.05. The van der Waals surface area contributed by atoms with Crippen molar-refractivity contribution in [2.45, 2.75) is 0 Å². The Balaban J connectivity index is 2.91. The Morgan fingerprint density at radius 2 is 2.19 bits per heavy atom. The number of nitrogens with zero attached hydrogens (tertiary/aromatic N) is 1. The number of carbonyl (C=O) groups is 1. The summed E-state index contributed by atoms with van der Waals surface area (Å²) in [7, 11) is 1.53. The normalized spacial score (nSPS) is 10.4. The Kier molecular flexibility index (Phi) is 2.66. The first-order valence-electron chi connectivity index (χ1n) is 4.56. The minimum atomic E-state index is -0.539. The molecule has 82 valence electrons. The van der Waals surface area contributed by atoms with Gasteiger partial charge in [-0.15, -0.1) is 0 Å². The van der Waals surface area contributed by atoms with Gasteiger partial charge in [-0.2, -0.15) is 0 Å². The summed E-state index contributed by atoms with van der Waals surface area (Å²) < 4.78 is 5.17. The predicted molar refractivity (Wildman–Crippen MR) is 61.8 cm³/mol. The second-order valence-electron chi connectivity index (χ2n) is 3.20. The van der Waals surface area contributed by atoms with Gasteiger partial charge in [0.2, 0.25) is 0 Å². The third-order valence-electron chi connectivity index (χ3n) is 2.29. The number of nitrogens with two attached hydrogens (primary N) is 1. The number of hydrogen-bond acceptors (Lipinski definition) is 3. The van der Waals surface area contributed by atoms with E-state index < -0.39 is 5.91 Å². The van der Waals surface area contributed by atoms with Gasteiger partial charge in [0.1, 0.15) is 5.75 Å². The van der Waals surface area contributed by atoms with E-state index in [2.05, 4.69) is 4.98 Å². The summed E-state index contributed by atoms with van der Waals surface area (Å²) in [5.74, 6) is 0.0283. The second kappa shape index (κ2) is 3.98. The minimum absolute atomic E-state index is 0.332. The molecule has 0 fully saturated rings. The highest BCUT2D eigenvalue weighted by atomic mass is 35.5. The molecule has 16 heavy (non-hydrogen) atoms. The SMILES string of the molecule is COc1ccc(C(N)=O)c2nccc(Cl)c12. The van der Waals surface area contributed by atoms with E-state index >= 15 is 0 Å². The minimum Gasteiger partial charge on any atom is -0.496 e. The lowest BCUT2D eigenvalue weighted by molar-refractivity contribution is 0.100. The molecule has 4 nitrogen and oxygen atoms in total. The van der Waals surface area contributed by atoms with E-state index in [1.54, 1.807) is 18.2 Å². The van der Waals surface area contributed by atoms with Crippen LogP contribution in [0.3, 0.4) is 0 Å². The van der Waals surface area contributed by atoms with Crippen molar-refractivity contribution in [3.05, 3.63) is 35.0 Å². The summed E-state index contributed by atoms with van der Waals surface area (Å²) in [6, 6.07) is 4.86. The standard InChI is InChI=1S/C11H9ClN2O2/c1-16-8-3-2-6(11(13)15)10-9(8)7(12)4-5-14-10/h2-5H,1H3,(H2,13,15). The smallest absolute Gasteiger partial charge is 0.250 e. The quantitative estimate of drug-likeness (QED) is 0.867. The number of hydrogen-bond donors (Lipinski definition) is 1. The molecule has 0 aliphatic carbocycles. The number of pyridine rings is 1. The predicted octanol–water partition coefficient (Wildman–Crippen LogP) is 2.00. The average molecular weight is 237 g/mol. The number of ether oxygens (including phenoxy) is 1. The Hall–Kier alpha value is -1.81. The van der Waals surface area contributed by atoms with Crippen LogP contribution in [-0.4, -0.2) is 18.0 Å². The van der Waals surface area contributed by atoms with Crippen LogP contribution in [0.5, 0.6) is 5.75 Å². The van der Waals surface area contributed by atoms with E-state index in [4.69, 9.17) is 22.1 Å². The molecule has 2 rings (SSSR count). The summed E-state index contributed by atoms with van der Waals surface area (Å²) in [4.78, 5) is 15.3. The Labute approximate surface area is 97.0 Å². The lowest BCUT2D eigenvalue weighted by atomic mass is 10.1. The monoisotopic (exact) mass is 236 g/mol. The van der Waals surface area contributed by atoms with Crippen LogP contribution < -0.4 is 10.5 Å². The summed E-state index contributed by atoms with van der Waals surface area (Å²) in [6.45, 7) is 0. The van der Waals surface area contributed by atoms with E-state index in [0.717, 1.165) is 0 Å². The van der Waals surface area contributed by atoms with Gasteiger partial charge in [-0.05, 0) is 18.2 Å². The summed E-state index contributed by atoms with van der Waals surface area (Å²) in [6.07, 6.45) is 1.52. The Morgan fingerprint density at radius 1 is 1.44 bits per heavy atom. The van der Waals surface area contributed by atoms with E-state index in [1.807, 2.05) is 0 Å². The van der Waals surface area contributed by atoms with Crippen molar-refractivity contribution in [2.24, 2.45) is 5.73 Å². The lowest BCUT2D eigenvalue weighted by Crippen LogP contribution is -2.12. The molecule has 0 aliphatic heterocycles. The number of halogens is 1. The molecule has 1 aromatic heterocycles. The highest BCUT2D eigenvalue weighted by molar-refractivity contribution is 6.36. The Bertz CT molecular complexity index is 569. The number of carbonyl (C=O) groups excluding carboxylic acids is 1. The highest BCUT2D eigenvalue weighted by Gasteiger charge is 2.13. The molecule has 0 saturated heterocycles. The van der Waals surface area contributed by atoms with Gasteiger partial charge in [-0.1, -0.05) is 11.6 Å². The van der Waals surface area contributed by atoms with Gasteiger partial charge in [-0.25, -0.2) is 0 Å². The topological polar surface area (TPSA) is 65.2 Å². The first-order valence-corrected chi connectivity index (χ1v) is 4.94. The second-order valence-corrected chi connectivity index (χ2v) is 3.60. The molecule has 0 bridgehead atoms. The van der Waals surface area contributed by atoms with Gasteiger partial charge in [-0.3, -0.25) is 9.78 Å². The van der Waals surface area contributed by atoms with E-state index in [0.29, 0.717) is 27.2 Å². The van der Waals surface area contributed by atoms with Gasteiger partial charge in [0.05, 0.1) is 28.6 Å². The number of rotatable bonds is 2. The maximum Gasteiger partial charge on any atom is 0.250 e. The van der Waals surface area contributed by atoms with E-state index in [9.17, 15) is 4.79 Å². The van der Waals surface area contributed by atoms with Crippen LogP contribution in [0.1, 0.15) is 10.4 Å². The van der Waals surface area contributed by atoms with Crippen LogP contribution in [0.4, 0.5) is 0 Å². The van der Waals surface area contributed by atoms with Crippen molar-refractivity contribution in [3.63, 3.8) is 0 Å². The third kappa shape index (κ3) is 1.57. The molecule has 0 radical (unpaired) electrons. The third-order valence-corrected chi connectivity index (χ3v) is 2.60. The molecular weight excluding hydrogens is 228 g/mol. The molecule has 0 saturated carbocycles. The molecule has 2 aromatic rings. The molecule has 2 N–H and O–H groups in total. The molecule has 1 heterocycles. The highest BCUT2D eigenvalue weighted by Crippen LogP contribution is 2.32. The fraction of sp³-hybridized carbons (Fsp3) is 0.0909. The van der Waals surface area contributed by atoms with Crippen molar-refractivity contribution in [3.8, 4) is 5.75 Å². The van der Waals surface area contributed by atoms with Crippen molar-refractivity contribution < 1.29 is 9.53 Å². The van der Waals surface area contributed by atoms with Crippen LogP contribution in [0, 0.1) is 0 Å². The van der Waals surface area contributed by atoms with Gasteiger partial charge in [0.25, 0.3) is 5.91 Å². The van der Waals surface area contributed by atoms with Crippen LogP contribution in [0.25, 0.3) is 10.9 Å². The van der Waals surface area contributed by atoms with Crippen LogP contribution in [0.2, 0.25) is 5.02 Å². The molecule has 1 aromatic carbocycles. The number of amides is 1.